The van der Waals surface area contributed by atoms with E-state index >= 15 is 0 Å². The Hall–Kier alpha value is -2.79. The Balaban J connectivity index is 2.14. The van der Waals surface area contributed by atoms with E-state index in [9.17, 15) is 31.1 Å². The van der Waals surface area contributed by atoms with Crippen molar-refractivity contribution in [2.45, 2.75) is 12.5 Å². The molecule has 1 N–H and O–H groups in total. The van der Waals surface area contributed by atoms with E-state index in [1.807, 2.05) is 0 Å². The molecular formula is C18H13F6NO4. The Morgan fingerprint density at radius 2 is 1.72 bits per heavy atom. The molecule has 1 heterocycles. The Kier molecular flexibility index (Phi) is 5.71. The molecule has 2 aromatic carbocycles. The molecule has 0 amide bonds. The maximum atomic E-state index is 14.4. The van der Waals surface area contributed by atoms with Gasteiger partial charge >= 0.3 is 12.1 Å². The average molecular weight is 421 g/mol. The monoisotopic (exact) mass is 421 g/mol. The summed E-state index contributed by atoms with van der Waals surface area (Å²) in [6, 6.07) is 2.43. The van der Waals surface area contributed by atoms with Crippen molar-refractivity contribution >= 4 is 17.3 Å². The highest BCUT2D eigenvalue weighted by Gasteiger charge is 2.36. The van der Waals surface area contributed by atoms with Crippen LogP contribution in [0.15, 0.2) is 24.3 Å². The maximum absolute atomic E-state index is 14.4. The first-order valence-corrected chi connectivity index (χ1v) is 8.10. The van der Waals surface area contributed by atoms with Crippen LogP contribution in [-0.4, -0.2) is 26.3 Å². The molecule has 0 spiro atoms. The van der Waals surface area contributed by atoms with Crippen LogP contribution in [0.4, 0.5) is 37.7 Å². The normalized spacial score (nSPS) is 14.9. The van der Waals surface area contributed by atoms with Crippen molar-refractivity contribution in [3.63, 3.8) is 0 Å². The molecule has 11 heteroatoms. The van der Waals surface area contributed by atoms with Gasteiger partial charge in [0, 0.05) is 5.69 Å². The number of benzene rings is 2. The van der Waals surface area contributed by atoms with Crippen molar-refractivity contribution in [3.05, 3.63) is 58.4 Å². The van der Waals surface area contributed by atoms with Crippen LogP contribution < -0.4 is 5.32 Å². The highest BCUT2D eigenvalue weighted by molar-refractivity contribution is 5.97. The van der Waals surface area contributed by atoms with Gasteiger partial charge in [0.1, 0.15) is 5.82 Å². The molecule has 0 atom stereocenters. The number of ether oxygens (including phenoxy) is 3. The Morgan fingerprint density at radius 3 is 2.31 bits per heavy atom. The van der Waals surface area contributed by atoms with Crippen molar-refractivity contribution in [1.29, 1.82) is 0 Å². The minimum absolute atomic E-state index is 0.0856. The third kappa shape index (κ3) is 4.15. The third-order valence-electron chi connectivity index (χ3n) is 4.08. The highest BCUT2D eigenvalue weighted by atomic mass is 19.4. The number of rotatable bonds is 4. The van der Waals surface area contributed by atoms with E-state index in [-0.39, 0.29) is 18.9 Å². The summed E-state index contributed by atoms with van der Waals surface area (Å²) in [6.45, 7) is 0.171. The largest absolute Gasteiger partial charge is 0.465 e. The van der Waals surface area contributed by atoms with E-state index in [1.165, 1.54) is 0 Å². The van der Waals surface area contributed by atoms with Gasteiger partial charge in [-0.15, -0.1) is 0 Å². The smallest absolute Gasteiger partial charge is 0.419 e. The van der Waals surface area contributed by atoms with E-state index in [0.29, 0.717) is 12.1 Å². The fraction of sp³-hybridized carbons (Fsp3) is 0.278. The van der Waals surface area contributed by atoms with Gasteiger partial charge in [-0.2, -0.15) is 13.2 Å². The molecule has 29 heavy (non-hydrogen) atoms. The molecule has 2 aromatic rings. The molecule has 0 aliphatic carbocycles. The van der Waals surface area contributed by atoms with Crippen LogP contribution in [0.25, 0.3) is 0 Å². The Labute approximate surface area is 160 Å². The molecule has 156 valence electrons. The first-order valence-electron chi connectivity index (χ1n) is 8.10. The maximum Gasteiger partial charge on any atom is 0.419 e. The van der Waals surface area contributed by atoms with Gasteiger partial charge in [0.2, 0.25) is 0 Å². The number of hydrogen-bond donors (Lipinski definition) is 1. The number of alkyl halides is 3. The Bertz CT molecular complexity index is 941. The van der Waals surface area contributed by atoms with Gasteiger partial charge in [-0.05, 0) is 24.3 Å². The number of halogens is 6. The molecule has 0 saturated carbocycles. The number of nitrogens with one attached hydrogen (secondary N) is 1. The number of hydrogen-bond acceptors (Lipinski definition) is 5. The summed E-state index contributed by atoms with van der Waals surface area (Å²) in [5.74, 6) is -5.43. The lowest BCUT2D eigenvalue weighted by atomic mass is 10.1. The molecule has 1 aliphatic heterocycles. The second-order valence-electron chi connectivity index (χ2n) is 5.89. The van der Waals surface area contributed by atoms with Crippen LogP contribution in [0.3, 0.4) is 0 Å². The molecule has 1 fully saturated rings. The molecule has 5 nitrogen and oxygen atoms in total. The predicted molar refractivity (Wildman–Crippen MR) is 87.0 cm³/mol. The van der Waals surface area contributed by atoms with Gasteiger partial charge in [-0.3, -0.25) is 0 Å². The summed E-state index contributed by atoms with van der Waals surface area (Å²) in [7, 11) is 0.949. The van der Waals surface area contributed by atoms with E-state index in [1.54, 1.807) is 0 Å². The molecule has 1 aliphatic rings. The summed E-state index contributed by atoms with van der Waals surface area (Å²) >= 11 is 0. The zero-order valence-corrected chi connectivity index (χ0v) is 14.7. The topological polar surface area (TPSA) is 56.8 Å². The zero-order valence-electron chi connectivity index (χ0n) is 14.7. The molecular weight excluding hydrogens is 408 g/mol. The lowest BCUT2D eigenvalue weighted by Gasteiger charge is -2.19. The number of esters is 1. The molecule has 1 saturated heterocycles. The Morgan fingerprint density at radius 1 is 1.07 bits per heavy atom. The number of carbonyl (C=O) groups is 1. The van der Waals surface area contributed by atoms with Crippen LogP contribution in [0, 0.1) is 17.5 Å². The van der Waals surface area contributed by atoms with Crippen LogP contribution >= 0.6 is 0 Å². The zero-order chi connectivity index (χ0) is 21.3. The number of carbonyl (C=O) groups excluding carboxylic acids is 1. The SMILES string of the molecule is COC(=O)c1cc(F)c(C(F)(F)F)cc1Nc1ccc(F)c(F)c1C1OCCO1. The second-order valence-corrected chi connectivity index (χ2v) is 5.89. The summed E-state index contributed by atoms with van der Waals surface area (Å²) in [6.07, 6.45) is -6.39. The molecule has 0 unspecified atom stereocenters. The summed E-state index contributed by atoms with van der Waals surface area (Å²) < 4.78 is 96.0. The van der Waals surface area contributed by atoms with E-state index in [4.69, 9.17) is 9.47 Å². The lowest BCUT2D eigenvalue weighted by molar-refractivity contribution is -0.139. The first-order chi connectivity index (χ1) is 13.6. The van der Waals surface area contributed by atoms with Crippen molar-refractivity contribution in [3.8, 4) is 0 Å². The van der Waals surface area contributed by atoms with Crippen LogP contribution in [0.1, 0.15) is 27.8 Å². The van der Waals surface area contributed by atoms with Crippen LogP contribution in [0.2, 0.25) is 0 Å². The van der Waals surface area contributed by atoms with Gasteiger partial charge in [0.25, 0.3) is 0 Å². The predicted octanol–water partition coefficient (Wildman–Crippen LogP) is 4.70. The van der Waals surface area contributed by atoms with E-state index in [2.05, 4.69) is 10.1 Å². The van der Waals surface area contributed by atoms with Gasteiger partial charge in [-0.25, -0.2) is 18.0 Å². The van der Waals surface area contributed by atoms with Gasteiger partial charge in [0.05, 0.1) is 42.7 Å². The van der Waals surface area contributed by atoms with Gasteiger partial charge in [0.15, 0.2) is 17.9 Å². The van der Waals surface area contributed by atoms with Crippen molar-refractivity contribution in [2.75, 3.05) is 25.6 Å². The van der Waals surface area contributed by atoms with Gasteiger partial charge < -0.3 is 19.5 Å². The van der Waals surface area contributed by atoms with Crippen LogP contribution in [0.5, 0.6) is 0 Å². The molecule has 3 rings (SSSR count). The number of methoxy groups -OCH3 is 1. The fourth-order valence-corrected chi connectivity index (χ4v) is 2.75. The van der Waals surface area contributed by atoms with Crippen molar-refractivity contribution in [2.24, 2.45) is 0 Å². The summed E-state index contributed by atoms with van der Waals surface area (Å²) in [5, 5.41) is 2.41. The molecule has 0 aromatic heterocycles. The molecule has 0 bridgehead atoms. The third-order valence-corrected chi connectivity index (χ3v) is 4.08. The average Bonchev–Trinajstić information content (AvgIpc) is 3.18. The highest BCUT2D eigenvalue weighted by Crippen LogP contribution is 2.38. The lowest BCUT2D eigenvalue weighted by Crippen LogP contribution is -2.14. The van der Waals surface area contributed by atoms with Crippen LogP contribution in [-0.2, 0) is 20.4 Å². The van der Waals surface area contributed by atoms with E-state index < -0.39 is 58.3 Å². The van der Waals surface area contributed by atoms with Crippen molar-refractivity contribution in [1.82, 2.24) is 0 Å². The number of anilines is 2. The van der Waals surface area contributed by atoms with Gasteiger partial charge in [-0.1, -0.05) is 0 Å². The quantitative estimate of drug-likeness (QED) is 0.573. The standard InChI is InChI=1S/C18H13F6NO4/c1-27-16(26)8-6-11(20)9(18(22,23)24)7-13(8)25-12-3-2-10(19)15(21)14(12)17-28-4-5-29-17/h2-3,6-7,17,25H,4-5H2,1H3. The van der Waals surface area contributed by atoms with E-state index in [0.717, 1.165) is 19.2 Å². The summed E-state index contributed by atoms with van der Waals surface area (Å²) in [4.78, 5) is 11.9. The summed E-state index contributed by atoms with van der Waals surface area (Å²) in [5.41, 5.74) is -3.46. The van der Waals surface area contributed by atoms with Crippen molar-refractivity contribution < 1.29 is 45.3 Å². The first kappa shape index (κ1) is 20.9. The second kappa shape index (κ2) is 7.91. The minimum Gasteiger partial charge on any atom is -0.465 e. The minimum atomic E-state index is -5.07. The fourth-order valence-electron chi connectivity index (χ4n) is 2.75. The molecule has 0 radical (unpaired) electrons.